The number of carbonyl (C=O) groups is 1. The van der Waals surface area contributed by atoms with Crippen LogP contribution in [-0.4, -0.2) is 35.1 Å². The van der Waals surface area contributed by atoms with E-state index in [1.165, 1.54) is 28.6 Å². The standard InChI is InChI=1S/C18H16BrN3O4S/c19-15-9-16(11-20-10-15)27(25,26)22-12-13(6-7-21-18(23)24)8-17(22)14-4-2-1-3-5-14/h1-5,8-12,21H,6-7H2,(H,23,24). The topological polar surface area (TPSA) is 101 Å². The smallest absolute Gasteiger partial charge is 0.404 e. The fourth-order valence-electron chi connectivity index (χ4n) is 2.61. The Balaban J connectivity index is 2.07. The molecule has 2 heterocycles. The third kappa shape index (κ3) is 4.37. The summed E-state index contributed by atoms with van der Waals surface area (Å²) >= 11 is 3.24. The Morgan fingerprint density at radius 3 is 2.59 bits per heavy atom. The van der Waals surface area contributed by atoms with Gasteiger partial charge in [-0.3, -0.25) is 4.98 Å². The van der Waals surface area contributed by atoms with Crippen molar-refractivity contribution in [3.63, 3.8) is 0 Å². The number of benzene rings is 1. The van der Waals surface area contributed by atoms with Crippen molar-refractivity contribution in [1.29, 1.82) is 0 Å². The number of amides is 1. The van der Waals surface area contributed by atoms with Crippen molar-refractivity contribution in [2.24, 2.45) is 0 Å². The Labute approximate surface area is 164 Å². The van der Waals surface area contributed by atoms with Gasteiger partial charge in [-0.2, -0.15) is 0 Å². The van der Waals surface area contributed by atoms with Crippen LogP contribution in [0.2, 0.25) is 0 Å². The van der Waals surface area contributed by atoms with Crippen LogP contribution in [0.4, 0.5) is 4.79 Å². The second kappa shape index (κ2) is 7.93. The minimum Gasteiger partial charge on any atom is -0.465 e. The number of pyridine rings is 1. The van der Waals surface area contributed by atoms with Crippen LogP contribution in [0.1, 0.15) is 5.56 Å². The molecule has 2 N–H and O–H groups in total. The molecule has 0 aliphatic rings. The monoisotopic (exact) mass is 449 g/mol. The van der Waals surface area contributed by atoms with Crippen LogP contribution in [0.25, 0.3) is 11.3 Å². The highest BCUT2D eigenvalue weighted by atomic mass is 79.9. The molecule has 0 aliphatic heterocycles. The largest absolute Gasteiger partial charge is 0.465 e. The molecule has 0 radical (unpaired) electrons. The summed E-state index contributed by atoms with van der Waals surface area (Å²) in [7, 11) is -3.87. The van der Waals surface area contributed by atoms with Crippen molar-refractivity contribution in [1.82, 2.24) is 14.3 Å². The molecule has 3 aromatic rings. The minimum absolute atomic E-state index is 0.0554. The fraction of sp³-hybridized carbons (Fsp3) is 0.111. The van der Waals surface area contributed by atoms with Crippen LogP contribution in [0.5, 0.6) is 0 Å². The summed E-state index contributed by atoms with van der Waals surface area (Å²) in [5.41, 5.74) is 1.94. The second-order valence-electron chi connectivity index (χ2n) is 5.72. The van der Waals surface area contributed by atoms with Crippen molar-refractivity contribution < 1.29 is 18.3 Å². The van der Waals surface area contributed by atoms with Gasteiger partial charge in [-0.05, 0) is 45.6 Å². The molecule has 0 bridgehead atoms. The Morgan fingerprint density at radius 2 is 1.93 bits per heavy atom. The molecule has 2 aromatic heterocycles. The molecule has 27 heavy (non-hydrogen) atoms. The maximum absolute atomic E-state index is 13.2. The van der Waals surface area contributed by atoms with E-state index < -0.39 is 16.1 Å². The lowest BCUT2D eigenvalue weighted by Crippen LogP contribution is -2.23. The van der Waals surface area contributed by atoms with E-state index in [1.54, 1.807) is 6.07 Å². The molecule has 140 valence electrons. The quantitative estimate of drug-likeness (QED) is 0.600. The fourth-order valence-corrected chi connectivity index (χ4v) is 4.52. The van der Waals surface area contributed by atoms with E-state index in [9.17, 15) is 13.2 Å². The number of halogens is 1. The molecule has 0 saturated heterocycles. The van der Waals surface area contributed by atoms with Crippen LogP contribution in [0.15, 0.2) is 70.4 Å². The van der Waals surface area contributed by atoms with Crippen LogP contribution in [-0.2, 0) is 16.4 Å². The van der Waals surface area contributed by atoms with Gasteiger partial charge in [0.1, 0.15) is 4.90 Å². The van der Waals surface area contributed by atoms with E-state index in [-0.39, 0.29) is 11.4 Å². The van der Waals surface area contributed by atoms with Gasteiger partial charge in [0.15, 0.2) is 0 Å². The molecule has 3 rings (SSSR count). The molecular weight excluding hydrogens is 434 g/mol. The van der Waals surface area contributed by atoms with Gasteiger partial charge in [-0.25, -0.2) is 17.2 Å². The number of hydrogen-bond donors (Lipinski definition) is 2. The van der Waals surface area contributed by atoms with Crippen molar-refractivity contribution in [2.75, 3.05) is 6.54 Å². The Hall–Kier alpha value is -2.65. The van der Waals surface area contributed by atoms with Crippen molar-refractivity contribution >= 4 is 32.0 Å². The van der Waals surface area contributed by atoms with Gasteiger partial charge in [0.25, 0.3) is 10.0 Å². The summed E-state index contributed by atoms with van der Waals surface area (Å²) in [4.78, 5) is 14.6. The molecular formula is C18H16BrN3O4S. The first-order valence-corrected chi connectivity index (χ1v) is 10.2. The minimum atomic E-state index is -3.87. The summed E-state index contributed by atoms with van der Waals surface area (Å²) in [5.74, 6) is 0. The van der Waals surface area contributed by atoms with Crippen LogP contribution in [0.3, 0.4) is 0 Å². The van der Waals surface area contributed by atoms with Gasteiger partial charge in [-0.1, -0.05) is 30.3 Å². The van der Waals surface area contributed by atoms with E-state index >= 15 is 0 Å². The van der Waals surface area contributed by atoms with Crippen LogP contribution >= 0.6 is 15.9 Å². The number of nitrogens with one attached hydrogen (secondary N) is 1. The van der Waals surface area contributed by atoms with Gasteiger partial charge in [0.2, 0.25) is 0 Å². The molecule has 0 fully saturated rings. The summed E-state index contributed by atoms with van der Waals surface area (Å²) in [6, 6.07) is 12.4. The molecule has 0 atom stereocenters. The first kappa shape index (κ1) is 19.1. The average molecular weight is 450 g/mol. The predicted octanol–water partition coefficient (Wildman–Crippen LogP) is 3.36. The van der Waals surface area contributed by atoms with E-state index in [4.69, 9.17) is 5.11 Å². The zero-order valence-electron chi connectivity index (χ0n) is 14.0. The lowest BCUT2D eigenvalue weighted by Gasteiger charge is -2.10. The third-order valence-corrected chi connectivity index (χ3v) is 5.91. The van der Waals surface area contributed by atoms with Gasteiger partial charge < -0.3 is 10.4 Å². The highest BCUT2D eigenvalue weighted by molar-refractivity contribution is 9.10. The highest BCUT2D eigenvalue weighted by Gasteiger charge is 2.22. The number of hydrogen-bond acceptors (Lipinski definition) is 4. The SMILES string of the molecule is O=C(O)NCCc1cc(-c2ccccc2)n(S(=O)(=O)c2cncc(Br)c2)c1. The first-order chi connectivity index (χ1) is 12.9. The zero-order chi connectivity index (χ0) is 19.4. The van der Waals surface area contributed by atoms with E-state index in [0.717, 1.165) is 5.56 Å². The van der Waals surface area contributed by atoms with Crippen molar-refractivity contribution in [3.8, 4) is 11.3 Å². The Bertz CT molecular complexity index is 1070. The Morgan fingerprint density at radius 1 is 1.19 bits per heavy atom. The molecule has 0 spiro atoms. The van der Waals surface area contributed by atoms with Gasteiger partial charge in [0, 0.05) is 29.6 Å². The maximum Gasteiger partial charge on any atom is 0.404 e. The second-order valence-corrected chi connectivity index (χ2v) is 8.45. The van der Waals surface area contributed by atoms with Crippen molar-refractivity contribution in [2.45, 2.75) is 11.3 Å². The van der Waals surface area contributed by atoms with Crippen LogP contribution < -0.4 is 5.32 Å². The Kier molecular flexibility index (Phi) is 5.62. The summed E-state index contributed by atoms with van der Waals surface area (Å²) in [6.07, 6.45) is 3.56. The van der Waals surface area contributed by atoms with E-state index in [1.807, 2.05) is 30.3 Å². The molecule has 0 saturated carbocycles. The van der Waals surface area contributed by atoms with Gasteiger partial charge in [0.05, 0.1) is 5.69 Å². The lowest BCUT2D eigenvalue weighted by atomic mass is 10.1. The summed E-state index contributed by atoms with van der Waals surface area (Å²) < 4.78 is 28.1. The first-order valence-electron chi connectivity index (χ1n) is 7.97. The summed E-state index contributed by atoms with van der Waals surface area (Å²) in [6.45, 7) is 0.187. The number of rotatable bonds is 6. The zero-order valence-corrected chi connectivity index (χ0v) is 16.4. The molecule has 9 heteroatoms. The average Bonchev–Trinajstić information content (AvgIpc) is 3.07. The van der Waals surface area contributed by atoms with Crippen molar-refractivity contribution in [3.05, 3.63) is 71.1 Å². The number of nitrogens with zero attached hydrogens (tertiary/aromatic N) is 2. The highest BCUT2D eigenvalue weighted by Crippen LogP contribution is 2.27. The maximum atomic E-state index is 13.2. The molecule has 0 aliphatic carbocycles. The molecule has 7 nitrogen and oxygen atoms in total. The van der Waals surface area contributed by atoms with E-state index in [2.05, 4.69) is 26.2 Å². The molecule has 1 aromatic carbocycles. The third-order valence-electron chi connectivity index (χ3n) is 3.84. The molecule has 1 amide bonds. The normalized spacial score (nSPS) is 11.3. The number of aromatic nitrogens is 2. The van der Waals surface area contributed by atoms with E-state index in [0.29, 0.717) is 22.2 Å². The van der Waals surface area contributed by atoms with Crippen LogP contribution in [0, 0.1) is 0 Å². The predicted molar refractivity (Wildman–Crippen MR) is 104 cm³/mol. The number of carboxylic acid groups (broad SMARTS) is 1. The van der Waals surface area contributed by atoms with Gasteiger partial charge in [-0.15, -0.1) is 0 Å². The summed E-state index contributed by atoms with van der Waals surface area (Å²) in [5, 5.41) is 11.0. The molecule has 0 unspecified atom stereocenters. The lowest BCUT2D eigenvalue weighted by molar-refractivity contribution is 0.194. The van der Waals surface area contributed by atoms with Gasteiger partial charge >= 0.3 is 6.09 Å².